The summed E-state index contributed by atoms with van der Waals surface area (Å²) in [4.78, 5) is 0. The summed E-state index contributed by atoms with van der Waals surface area (Å²) in [6.45, 7) is 9.02. The zero-order chi connectivity index (χ0) is 14.3. The summed E-state index contributed by atoms with van der Waals surface area (Å²) < 4.78 is 0. The summed E-state index contributed by atoms with van der Waals surface area (Å²) in [6, 6.07) is 9.12. The normalized spacial score (nSPS) is 16.1. The molecule has 2 N–H and O–H groups in total. The van der Waals surface area contributed by atoms with Crippen molar-refractivity contribution < 1.29 is 5.11 Å². The molecular formula is C17H29NO. The molecule has 2 atom stereocenters. The molecule has 2 heteroatoms. The minimum Gasteiger partial charge on any atom is -0.389 e. The van der Waals surface area contributed by atoms with Gasteiger partial charge in [0.05, 0.1) is 5.60 Å². The highest BCUT2D eigenvalue weighted by Crippen LogP contribution is 2.12. The van der Waals surface area contributed by atoms with Gasteiger partial charge in [-0.2, -0.15) is 0 Å². The van der Waals surface area contributed by atoms with Crippen molar-refractivity contribution >= 4 is 0 Å². The average Bonchev–Trinajstić information content (AvgIpc) is 2.34. The van der Waals surface area contributed by atoms with Crippen LogP contribution >= 0.6 is 0 Å². The Bertz CT molecular complexity index is 373. The van der Waals surface area contributed by atoms with Gasteiger partial charge >= 0.3 is 0 Å². The van der Waals surface area contributed by atoms with Crippen LogP contribution in [-0.4, -0.2) is 23.3 Å². The molecule has 0 heterocycles. The van der Waals surface area contributed by atoms with Crippen molar-refractivity contribution in [3.8, 4) is 0 Å². The van der Waals surface area contributed by atoms with Gasteiger partial charge in [0, 0.05) is 12.6 Å². The molecule has 108 valence electrons. The average molecular weight is 263 g/mol. The fourth-order valence-corrected chi connectivity index (χ4v) is 2.37. The van der Waals surface area contributed by atoms with Crippen molar-refractivity contribution in [2.45, 2.75) is 65.0 Å². The number of hydrogen-bond acceptors (Lipinski definition) is 2. The largest absolute Gasteiger partial charge is 0.389 e. The lowest BCUT2D eigenvalue weighted by atomic mass is 9.99. The molecule has 0 radical (unpaired) electrons. The lowest BCUT2D eigenvalue weighted by molar-refractivity contribution is 0.0474. The molecule has 0 bridgehead atoms. The lowest BCUT2D eigenvalue weighted by Gasteiger charge is -2.25. The van der Waals surface area contributed by atoms with E-state index < -0.39 is 5.60 Å². The van der Waals surface area contributed by atoms with Gasteiger partial charge in [-0.05, 0) is 45.6 Å². The van der Waals surface area contributed by atoms with Crippen molar-refractivity contribution in [1.29, 1.82) is 0 Å². The first kappa shape index (κ1) is 16.2. The molecule has 1 rings (SSSR count). The van der Waals surface area contributed by atoms with E-state index in [1.165, 1.54) is 11.1 Å². The third-order valence-electron chi connectivity index (χ3n) is 3.57. The number of nitrogens with one attached hydrogen (secondary N) is 1. The van der Waals surface area contributed by atoms with Crippen molar-refractivity contribution in [3.05, 3.63) is 35.4 Å². The number of hydrogen-bond donors (Lipinski definition) is 2. The van der Waals surface area contributed by atoms with Crippen LogP contribution in [0, 0.1) is 6.92 Å². The van der Waals surface area contributed by atoms with Crippen LogP contribution in [0.25, 0.3) is 0 Å². The molecule has 0 aliphatic carbocycles. The highest BCUT2D eigenvalue weighted by molar-refractivity contribution is 5.22. The van der Waals surface area contributed by atoms with Gasteiger partial charge in [-0.1, -0.05) is 43.2 Å². The molecule has 0 aliphatic heterocycles. The van der Waals surface area contributed by atoms with Gasteiger partial charge in [0.2, 0.25) is 0 Å². The molecule has 0 saturated heterocycles. The van der Waals surface area contributed by atoms with E-state index in [4.69, 9.17) is 0 Å². The molecule has 2 unspecified atom stereocenters. The molecule has 2 nitrogen and oxygen atoms in total. The van der Waals surface area contributed by atoms with Gasteiger partial charge in [-0.25, -0.2) is 0 Å². The maximum atomic E-state index is 10.1. The first-order valence-corrected chi connectivity index (χ1v) is 7.44. The second-order valence-electron chi connectivity index (χ2n) is 6.06. The maximum absolute atomic E-state index is 10.1. The molecular weight excluding hydrogens is 234 g/mol. The van der Waals surface area contributed by atoms with E-state index in [0.29, 0.717) is 12.6 Å². The first-order valence-electron chi connectivity index (χ1n) is 7.44. The zero-order valence-electron chi connectivity index (χ0n) is 12.9. The van der Waals surface area contributed by atoms with E-state index >= 15 is 0 Å². The minimum atomic E-state index is -0.577. The van der Waals surface area contributed by atoms with Gasteiger partial charge in [0.15, 0.2) is 0 Å². The summed E-state index contributed by atoms with van der Waals surface area (Å²) in [5.74, 6) is 0. The number of aryl methyl sites for hydroxylation is 2. The standard InChI is InChI=1S/C17H29NO/c1-5-11-17(4,19)13-18-15(3)9-10-16-8-6-7-14(2)12-16/h6-8,12,15,18-19H,5,9-11,13H2,1-4H3. The fraction of sp³-hybridized carbons (Fsp3) is 0.647. The smallest absolute Gasteiger partial charge is 0.0743 e. The summed E-state index contributed by atoms with van der Waals surface area (Å²) >= 11 is 0. The molecule has 0 aromatic heterocycles. The molecule has 0 amide bonds. The fourth-order valence-electron chi connectivity index (χ4n) is 2.37. The molecule has 0 saturated carbocycles. The van der Waals surface area contributed by atoms with Crippen LogP contribution < -0.4 is 5.32 Å². The van der Waals surface area contributed by atoms with E-state index in [0.717, 1.165) is 25.7 Å². The number of aliphatic hydroxyl groups is 1. The van der Waals surface area contributed by atoms with Crippen LogP contribution in [0.2, 0.25) is 0 Å². The van der Waals surface area contributed by atoms with E-state index in [-0.39, 0.29) is 0 Å². The summed E-state index contributed by atoms with van der Waals surface area (Å²) in [5, 5.41) is 13.6. The Morgan fingerprint density at radius 2 is 2.11 bits per heavy atom. The number of benzene rings is 1. The Morgan fingerprint density at radius 3 is 2.74 bits per heavy atom. The van der Waals surface area contributed by atoms with Crippen LogP contribution in [0.5, 0.6) is 0 Å². The van der Waals surface area contributed by atoms with Crippen molar-refractivity contribution in [3.63, 3.8) is 0 Å². The van der Waals surface area contributed by atoms with Crippen LogP contribution in [0.1, 0.15) is 51.2 Å². The molecule has 1 aromatic carbocycles. The summed E-state index contributed by atoms with van der Waals surface area (Å²) in [5.41, 5.74) is 2.14. The van der Waals surface area contributed by atoms with Crippen LogP contribution in [0.4, 0.5) is 0 Å². The SMILES string of the molecule is CCCC(C)(O)CNC(C)CCc1cccc(C)c1. The van der Waals surface area contributed by atoms with Crippen LogP contribution in [0.3, 0.4) is 0 Å². The van der Waals surface area contributed by atoms with Gasteiger partial charge in [-0.15, -0.1) is 0 Å². The van der Waals surface area contributed by atoms with Crippen molar-refractivity contribution in [2.75, 3.05) is 6.54 Å². The quantitative estimate of drug-likeness (QED) is 0.753. The van der Waals surface area contributed by atoms with Crippen molar-refractivity contribution in [2.24, 2.45) is 0 Å². The van der Waals surface area contributed by atoms with Gasteiger partial charge in [-0.3, -0.25) is 0 Å². The topological polar surface area (TPSA) is 32.3 Å². The molecule has 19 heavy (non-hydrogen) atoms. The Kier molecular flexibility index (Phi) is 6.53. The lowest BCUT2D eigenvalue weighted by Crippen LogP contribution is -2.41. The van der Waals surface area contributed by atoms with Gasteiger partial charge < -0.3 is 10.4 Å². The molecule has 0 aliphatic rings. The summed E-state index contributed by atoms with van der Waals surface area (Å²) in [6.07, 6.45) is 4.06. The van der Waals surface area contributed by atoms with Crippen LogP contribution in [-0.2, 0) is 6.42 Å². The van der Waals surface area contributed by atoms with Crippen molar-refractivity contribution in [1.82, 2.24) is 5.32 Å². The van der Waals surface area contributed by atoms with E-state index in [1.54, 1.807) is 0 Å². The van der Waals surface area contributed by atoms with Gasteiger partial charge in [0.1, 0.15) is 0 Å². The zero-order valence-corrected chi connectivity index (χ0v) is 12.9. The highest BCUT2D eigenvalue weighted by Gasteiger charge is 2.19. The Morgan fingerprint density at radius 1 is 1.37 bits per heavy atom. The number of rotatable bonds is 8. The van der Waals surface area contributed by atoms with E-state index in [2.05, 4.69) is 50.4 Å². The van der Waals surface area contributed by atoms with E-state index in [9.17, 15) is 5.11 Å². The molecule has 0 spiro atoms. The maximum Gasteiger partial charge on any atom is 0.0743 e. The van der Waals surface area contributed by atoms with Crippen LogP contribution in [0.15, 0.2) is 24.3 Å². The Labute approximate surface area is 118 Å². The molecule has 0 fully saturated rings. The predicted molar refractivity (Wildman–Crippen MR) is 82.5 cm³/mol. The monoisotopic (exact) mass is 263 g/mol. The Hall–Kier alpha value is -0.860. The second-order valence-corrected chi connectivity index (χ2v) is 6.06. The Balaban J connectivity index is 2.30. The minimum absolute atomic E-state index is 0.434. The molecule has 1 aromatic rings. The van der Waals surface area contributed by atoms with E-state index in [1.807, 2.05) is 6.92 Å². The summed E-state index contributed by atoms with van der Waals surface area (Å²) in [7, 11) is 0. The third-order valence-corrected chi connectivity index (χ3v) is 3.57. The third kappa shape index (κ3) is 6.74. The second kappa shape index (κ2) is 7.66. The highest BCUT2D eigenvalue weighted by atomic mass is 16.3. The first-order chi connectivity index (χ1) is 8.93. The predicted octanol–water partition coefficient (Wildman–Crippen LogP) is 3.46. The van der Waals surface area contributed by atoms with Gasteiger partial charge in [0.25, 0.3) is 0 Å².